The van der Waals surface area contributed by atoms with Gasteiger partial charge in [-0.15, -0.1) is 0 Å². The van der Waals surface area contributed by atoms with Crippen molar-refractivity contribution in [3.05, 3.63) is 64.9 Å². The van der Waals surface area contributed by atoms with E-state index in [9.17, 15) is 9.90 Å². The number of nitrogens with one attached hydrogen (secondary N) is 1. The molecule has 0 radical (unpaired) electrons. The summed E-state index contributed by atoms with van der Waals surface area (Å²) in [7, 11) is 0. The quantitative estimate of drug-likeness (QED) is 0.895. The maximum absolute atomic E-state index is 12.7. The van der Waals surface area contributed by atoms with Crippen molar-refractivity contribution in [3.8, 4) is 0 Å². The minimum atomic E-state index is -0.391. The van der Waals surface area contributed by atoms with Crippen LogP contribution < -0.4 is 5.32 Å². The van der Waals surface area contributed by atoms with Crippen molar-refractivity contribution in [2.45, 2.75) is 24.9 Å². The van der Waals surface area contributed by atoms with Crippen molar-refractivity contribution in [2.24, 2.45) is 0 Å². The average molecular weight is 346 g/mol. The third-order valence-electron chi connectivity index (χ3n) is 4.28. The Labute approximate surface area is 146 Å². The number of rotatable bonds is 4. The number of aliphatic hydroxyl groups excluding tert-OH is 1. The van der Waals surface area contributed by atoms with E-state index < -0.39 is 6.04 Å². The summed E-state index contributed by atoms with van der Waals surface area (Å²) in [5.41, 5.74) is 1.61. The molecule has 126 valence electrons. The molecule has 5 nitrogen and oxygen atoms in total. The maximum atomic E-state index is 12.7. The fraction of sp³-hybridized carbons (Fsp3) is 0.333. The van der Waals surface area contributed by atoms with E-state index in [1.807, 2.05) is 36.4 Å². The molecule has 1 saturated heterocycles. The van der Waals surface area contributed by atoms with E-state index in [0.717, 1.165) is 24.1 Å². The average Bonchev–Trinajstić information content (AvgIpc) is 3.09. The summed E-state index contributed by atoms with van der Waals surface area (Å²) in [6.07, 6.45) is 3.44. The third-order valence-corrected chi connectivity index (χ3v) is 4.52. The first kappa shape index (κ1) is 16.7. The van der Waals surface area contributed by atoms with Crippen LogP contribution >= 0.6 is 11.6 Å². The van der Waals surface area contributed by atoms with E-state index in [1.165, 1.54) is 0 Å². The summed E-state index contributed by atoms with van der Waals surface area (Å²) < 4.78 is 0. The van der Waals surface area contributed by atoms with Crippen LogP contribution in [0.15, 0.2) is 48.7 Å². The van der Waals surface area contributed by atoms with Crippen molar-refractivity contribution < 1.29 is 9.90 Å². The molecule has 3 rings (SSSR count). The number of amides is 2. The highest BCUT2D eigenvalue weighted by Crippen LogP contribution is 2.24. The normalized spacial score (nSPS) is 18.4. The molecule has 1 aliphatic heterocycles. The largest absolute Gasteiger partial charge is 0.394 e. The molecule has 6 heteroatoms. The van der Waals surface area contributed by atoms with Crippen molar-refractivity contribution in [1.82, 2.24) is 15.2 Å². The number of carbonyl (C=O) groups is 1. The lowest BCUT2D eigenvalue weighted by Gasteiger charge is -2.27. The highest BCUT2D eigenvalue weighted by atomic mass is 35.5. The summed E-state index contributed by atoms with van der Waals surface area (Å²) in [4.78, 5) is 18.8. The molecule has 1 aromatic heterocycles. The van der Waals surface area contributed by atoms with Crippen molar-refractivity contribution in [3.63, 3.8) is 0 Å². The number of likely N-dealkylation sites (tertiary alicyclic amines) is 1. The number of pyridine rings is 1. The number of carbonyl (C=O) groups excluding carboxylic acids is 1. The fourth-order valence-corrected chi connectivity index (χ4v) is 3.26. The molecule has 2 atom stereocenters. The minimum Gasteiger partial charge on any atom is -0.394 e. The zero-order chi connectivity index (χ0) is 16.9. The van der Waals surface area contributed by atoms with Gasteiger partial charge < -0.3 is 15.3 Å². The van der Waals surface area contributed by atoms with Crippen molar-refractivity contribution in [2.75, 3.05) is 13.2 Å². The third kappa shape index (κ3) is 3.68. The molecule has 2 N–H and O–H groups in total. The van der Waals surface area contributed by atoms with E-state index in [4.69, 9.17) is 11.6 Å². The van der Waals surface area contributed by atoms with Crippen molar-refractivity contribution in [1.29, 1.82) is 0 Å². The zero-order valence-electron chi connectivity index (χ0n) is 13.2. The van der Waals surface area contributed by atoms with Gasteiger partial charge in [-0.25, -0.2) is 4.79 Å². The Morgan fingerprint density at radius 2 is 2.25 bits per heavy atom. The topological polar surface area (TPSA) is 65.5 Å². The van der Waals surface area contributed by atoms with Gasteiger partial charge in [0.15, 0.2) is 0 Å². The molecule has 1 aliphatic rings. The van der Waals surface area contributed by atoms with Crippen LogP contribution in [0.2, 0.25) is 5.02 Å². The molecule has 0 saturated carbocycles. The molecule has 1 fully saturated rings. The minimum absolute atomic E-state index is 0.0150. The van der Waals surface area contributed by atoms with Gasteiger partial charge in [0.1, 0.15) is 0 Å². The van der Waals surface area contributed by atoms with Gasteiger partial charge in [-0.3, -0.25) is 4.98 Å². The number of hydrogen-bond donors (Lipinski definition) is 2. The van der Waals surface area contributed by atoms with Crippen molar-refractivity contribution >= 4 is 17.6 Å². The fourth-order valence-electron chi connectivity index (χ4n) is 3.06. The van der Waals surface area contributed by atoms with Gasteiger partial charge in [-0.2, -0.15) is 0 Å². The summed E-state index contributed by atoms with van der Waals surface area (Å²) in [6.45, 7) is 0.639. The number of nitrogens with zero attached hydrogens (tertiary/aromatic N) is 2. The lowest BCUT2D eigenvalue weighted by molar-refractivity contribution is 0.155. The first-order valence-corrected chi connectivity index (χ1v) is 8.41. The zero-order valence-corrected chi connectivity index (χ0v) is 14.0. The molecule has 2 aromatic rings. The van der Waals surface area contributed by atoms with Crippen LogP contribution in [0, 0.1) is 0 Å². The molecule has 2 amide bonds. The van der Waals surface area contributed by atoms with E-state index in [-0.39, 0.29) is 18.7 Å². The van der Waals surface area contributed by atoms with Gasteiger partial charge >= 0.3 is 6.03 Å². The number of aromatic nitrogens is 1. The highest BCUT2D eigenvalue weighted by molar-refractivity contribution is 6.30. The Morgan fingerprint density at radius 1 is 1.38 bits per heavy atom. The number of benzene rings is 1. The standard InChI is InChI=1S/C18H20ClN3O2/c19-14-6-3-5-13(11-14)17(16-8-1-2-9-20-16)21-18(24)22-10-4-7-15(22)12-23/h1-3,5-6,8-9,11,15,17,23H,4,7,10,12H2,(H,21,24). The molecular formula is C18H20ClN3O2. The predicted octanol–water partition coefficient (Wildman–Crippen LogP) is 2.99. The van der Waals surface area contributed by atoms with E-state index in [0.29, 0.717) is 11.6 Å². The summed E-state index contributed by atoms with van der Waals surface area (Å²) in [6, 6.07) is 12.3. The molecule has 0 bridgehead atoms. The van der Waals surface area contributed by atoms with Crippen LogP contribution in [-0.4, -0.2) is 40.2 Å². The Bertz CT molecular complexity index is 696. The molecular weight excluding hydrogens is 326 g/mol. The number of halogens is 1. The molecule has 0 aliphatic carbocycles. The van der Waals surface area contributed by atoms with Gasteiger partial charge in [0.25, 0.3) is 0 Å². The van der Waals surface area contributed by atoms with Gasteiger partial charge in [-0.1, -0.05) is 29.8 Å². The molecule has 2 heterocycles. The number of aliphatic hydroxyl groups is 1. The van der Waals surface area contributed by atoms with E-state index in [1.54, 1.807) is 17.2 Å². The molecule has 24 heavy (non-hydrogen) atoms. The lowest BCUT2D eigenvalue weighted by atomic mass is 10.0. The van der Waals surface area contributed by atoms with Crippen LogP contribution in [0.3, 0.4) is 0 Å². The first-order valence-electron chi connectivity index (χ1n) is 8.03. The SMILES string of the molecule is O=C(NC(c1cccc(Cl)c1)c1ccccn1)N1CCCC1CO. The summed E-state index contributed by atoms with van der Waals surface area (Å²) >= 11 is 6.11. The lowest BCUT2D eigenvalue weighted by Crippen LogP contribution is -2.45. The summed E-state index contributed by atoms with van der Waals surface area (Å²) in [5, 5.41) is 13.1. The second-order valence-electron chi connectivity index (χ2n) is 5.86. The second-order valence-corrected chi connectivity index (χ2v) is 6.30. The van der Waals surface area contributed by atoms with E-state index in [2.05, 4.69) is 10.3 Å². The van der Waals surface area contributed by atoms with E-state index >= 15 is 0 Å². The Hall–Kier alpha value is -2.11. The monoisotopic (exact) mass is 345 g/mol. The molecule has 1 aromatic carbocycles. The van der Waals surface area contributed by atoms with Crippen LogP contribution in [0.25, 0.3) is 0 Å². The first-order chi connectivity index (χ1) is 11.7. The Balaban J connectivity index is 1.87. The Morgan fingerprint density at radius 3 is 2.96 bits per heavy atom. The van der Waals surface area contributed by atoms with Crippen LogP contribution in [-0.2, 0) is 0 Å². The van der Waals surface area contributed by atoms with Gasteiger partial charge in [0, 0.05) is 17.8 Å². The number of hydrogen-bond acceptors (Lipinski definition) is 3. The van der Waals surface area contributed by atoms with Gasteiger partial charge in [0.2, 0.25) is 0 Å². The van der Waals surface area contributed by atoms with Gasteiger partial charge in [0.05, 0.1) is 24.4 Å². The number of urea groups is 1. The predicted molar refractivity (Wildman–Crippen MR) is 92.9 cm³/mol. The second kappa shape index (κ2) is 7.64. The Kier molecular flexibility index (Phi) is 5.33. The smallest absolute Gasteiger partial charge is 0.318 e. The van der Waals surface area contributed by atoms with Crippen LogP contribution in [0.5, 0.6) is 0 Å². The molecule has 2 unspecified atom stereocenters. The summed E-state index contributed by atoms with van der Waals surface area (Å²) in [5.74, 6) is 0. The maximum Gasteiger partial charge on any atom is 0.318 e. The van der Waals surface area contributed by atoms with Gasteiger partial charge in [-0.05, 0) is 42.7 Å². The van der Waals surface area contributed by atoms with Crippen LogP contribution in [0.4, 0.5) is 4.79 Å². The highest BCUT2D eigenvalue weighted by Gasteiger charge is 2.30. The van der Waals surface area contributed by atoms with Crippen LogP contribution in [0.1, 0.15) is 30.1 Å². The molecule has 0 spiro atoms.